The van der Waals surface area contributed by atoms with Crippen LogP contribution in [0.4, 0.5) is 0 Å². The molecule has 2 rings (SSSR count). The van der Waals surface area contributed by atoms with Crippen LogP contribution in [-0.4, -0.2) is 16.2 Å². The van der Waals surface area contributed by atoms with Gasteiger partial charge in [0.1, 0.15) is 17.3 Å². The third-order valence-electron chi connectivity index (χ3n) is 2.50. The van der Waals surface area contributed by atoms with Crippen molar-refractivity contribution in [3.05, 3.63) is 52.8 Å². The molecule has 0 aliphatic heterocycles. The number of nitrogens with two attached hydrogens (primary N) is 1. The van der Waals surface area contributed by atoms with Crippen LogP contribution in [0.3, 0.4) is 0 Å². The molecule has 0 bridgehead atoms. The number of ether oxygens (including phenoxy) is 1. The van der Waals surface area contributed by atoms with Crippen LogP contribution in [0.5, 0.6) is 5.75 Å². The number of benzene rings is 1. The summed E-state index contributed by atoms with van der Waals surface area (Å²) in [6.45, 7) is 1.29. The predicted octanol–water partition coefficient (Wildman–Crippen LogP) is 2.96. The maximum atomic E-state index is 5.64. The van der Waals surface area contributed by atoms with Crippen molar-refractivity contribution in [2.75, 3.05) is 6.61 Å². The van der Waals surface area contributed by atoms with E-state index in [4.69, 9.17) is 22.7 Å². The van der Waals surface area contributed by atoms with Crippen molar-refractivity contribution in [1.29, 1.82) is 0 Å². The Kier molecular flexibility index (Phi) is 4.38. The monoisotopic (exact) mass is 324 g/mol. The third kappa shape index (κ3) is 3.34. The second kappa shape index (κ2) is 6.02. The van der Waals surface area contributed by atoms with E-state index < -0.39 is 0 Å². The molecule has 0 amide bonds. The summed E-state index contributed by atoms with van der Waals surface area (Å²) in [6, 6.07) is 11.6. The number of hydrogen-bond acceptors (Lipinski definition) is 2. The van der Waals surface area contributed by atoms with Crippen LogP contribution in [-0.2, 0) is 6.54 Å². The molecule has 0 aliphatic carbocycles. The average Bonchev–Trinajstić information content (AvgIpc) is 2.80. The van der Waals surface area contributed by atoms with Crippen molar-refractivity contribution >= 4 is 33.1 Å². The van der Waals surface area contributed by atoms with E-state index in [0.717, 1.165) is 22.5 Å². The summed E-state index contributed by atoms with van der Waals surface area (Å²) < 4.78 is 8.67. The molecular weight excluding hydrogens is 312 g/mol. The fourth-order valence-corrected chi connectivity index (χ4v) is 2.08. The molecule has 1 aromatic carbocycles. The lowest BCUT2D eigenvalue weighted by Crippen LogP contribution is -2.17. The van der Waals surface area contributed by atoms with E-state index in [1.54, 1.807) is 0 Å². The number of thiocarbonyl (C=S) groups is 1. The highest BCUT2D eigenvalue weighted by atomic mass is 79.9. The van der Waals surface area contributed by atoms with Crippen LogP contribution in [0.1, 0.15) is 5.69 Å². The van der Waals surface area contributed by atoms with Crippen molar-refractivity contribution in [1.82, 2.24) is 4.57 Å². The van der Waals surface area contributed by atoms with Crippen LogP contribution >= 0.6 is 28.1 Å². The zero-order valence-electron chi connectivity index (χ0n) is 9.67. The lowest BCUT2D eigenvalue weighted by molar-refractivity contribution is 0.298. The molecule has 0 spiro atoms. The highest BCUT2D eigenvalue weighted by Crippen LogP contribution is 2.16. The average molecular weight is 325 g/mol. The molecule has 1 aromatic heterocycles. The van der Waals surface area contributed by atoms with Gasteiger partial charge in [-0.3, -0.25) is 0 Å². The first-order valence-electron chi connectivity index (χ1n) is 5.50. The lowest BCUT2D eigenvalue weighted by Gasteiger charge is -2.09. The van der Waals surface area contributed by atoms with E-state index in [-0.39, 0.29) is 0 Å². The van der Waals surface area contributed by atoms with Crippen molar-refractivity contribution in [2.24, 2.45) is 5.73 Å². The van der Waals surface area contributed by atoms with Gasteiger partial charge in [-0.05, 0) is 36.4 Å². The van der Waals surface area contributed by atoms with Crippen LogP contribution in [0.25, 0.3) is 0 Å². The molecule has 18 heavy (non-hydrogen) atoms. The first-order chi connectivity index (χ1) is 8.66. The molecular formula is C13H13BrN2OS. The molecule has 3 nitrogen and oxygen atoms in total. The maximum absolute atomic E-state index is 5.64. The van der Waals surface area contributed by atoms with Gasteiger partial charge in [0, 0.05) is 10.7 Å². The zero-order valence-corrected chi connectivity index (χ0v) is 12.1. The Hall–Kier alpha value is -1.33. The SMILES string of the molecule is NC(=S)c1cccn1CCOc1ccc(Br)cc1. The molecule has 94 valence electrons. The van der Waals surface area contributed by atoms with Crippen LogP contribution in [0.15, 0.2) is 47.1 Å². The van der Waals surface area contributed by atoms with Gasteiger partial charge in [-0.15, -0.1) is 0 Å². The number of rotatable bonds is 5. The summed E-state index contributed by atoms with van der Waals surface area (Å²) in [5.74, 6) is 0.849. The van der Waals surface area contributed by atoms with Gasteiger partial charge in [-0.25, -0.2) is 0 Å². The number of halogens is 1. The van der Waals surface area contributed by atoms with E-state index in [0.29, 0.717) is 11.6 Å². The Morgan fingerprint density at radius 3 is 2.67 bits per heavy atom. The van der Waals surface area contributed by atoms with Crippen molar-refractivity contribution in [3.8, 4) is 5.75 Å². The van der Waals surface area contributed by atoms with Crippen molar-refractivity contribution in [2.45, 2.75) is 6.54 Å². The third-order valence-corrected chi connectivity index (χ3v) is 3.23. The van der Waals surface area contributed by atoms with Crippen LogP contribution in [0.2, 0.25) is 0 Å². The normalized spacial score (nSPS) is 10.3. The van der Waals surface area contributed by atoms with Gasteiger partial charge in [0.25, 0.3) is 0 Å². The Morgan fingerprint density at radius 1 is 1.28 bits per heavy atom. The van der Waals surface area contributed by atoms with Gasteiger partial charge in [-0.2, -0.15) is 0 Å². The van der Waals surface area contributed by atoms with Gasteiger partial charge in [0.05, 0.1) is 12.2 Å². The minimum Gasteiger partial charge on any atom is -0.492 e. The second-order valence-corrected chi connectivity index (χ2v) is 5.11. The predicted molar refractivity (Wildman–Crippen MR) is 80.0 cm³/mol. The Labute approximate surface area is 120 Å². The lowest BCUT2D eigenvalue weighted by atomic mass is 10.3. The van der Waals surface area contributed by atoms with Gasteiger partial charge in [0.15, 0.2) is 0 Å². The van der Waals surface area contributed by atoms with E-state index in [9.17, 15) is 0 Å². The zero-order chi connectivity index (χ0) is 13.0. The van der Waals surface area contributed by atoms with Crippen molar-refractivity contribution in [3.63, 3.8) is 0 Å². The summed E-state index contributed by atoms with van der Waals surface area (Å²) in [5.41, 5.74) is 6.49. The van der Waals surface area contributed by atoms with Gasteiger partial charge in [-0.1, -0.05) is 28.1 Å². The summed E-state index contributed by atoms with van der Waals surface area (Å²) in [5, 5.41) is 0. The minimum absolute atomic E-state index is 0.406. The molecule has 0 fully saturated rings. The number of aromatic nitrogens is 1. The molecule has 0 unspecified atom stereocenters. The van der Waals surface area contributed by atoms with E-state index in [1.807, 2.05) is 47.2 Å². The minimum atomic E-state index is 0.406. The number of nitrogens with zero attached hydrogens (tertiary/aromatic N) is 1. The van der Waals surface area contributed by atoms with E-state index >= 15 is 0 Å². The summed E-state index contributed by atoms with van der Waals surface area (Å²) in [7, 11) is 0. The topological polar surface area (TPSA) is 40.2 Å². The Morgan fingerprint density at radius 2 is 2.00 bits per heavy atom. The Bertz CT molecular complexity index is 536. The number of hydrogen-bond donors (Lipinski definition) is 1. The summed E-state index contributed by atoms with van der Waals surface area (Å²) in [6.07, 6.45) is 1.94. The molecule has 2 aromatic rings. The molecule has 5 heteroatoms. The molecule has 0 radical (unpaired) electrons. The molecule has 0 saturated heterocycles. The van der Waals surface area contributed by atoms with Crippen LogP contribution < -0.4 is 10.5 Å². The summed E-state index contributed by atoms with van der Waals surface area (Å²) >= 11 is 8.36. The fraction of sp³-hybridized carbons (Fsp3) is 0.154. The molecule has 0 atom stereocenters. The molecule has 1 heterocycles. The largest absolute Gasteiger partial charge is 0.492 e. The van der Waals surface area contributed by atoms with Gasteiger partial charge < -0.3 is 15.0 Å². The molecule has 0 aliphatic rings. The highest BCUT2D eigenvalue weighted by molar-refractivity contribution is 9.10. The Balaban J connectivity index is 1.90. The smallest absolute Gasteiger partial charge is 0.120 e. The van der Waals surface area contributed by atoms with E-state index in [1.165, 1.54) is 0 Å². The van der Waals surface area contributed by atoms with Crippen LogP contribution in [0, 0.1) is 0 Å². The van der Waals surface area contributed by atoms with E-state index in [2.05, 4.69) is 15.9 Å². The maximum Gasteiger partial charge on any atom is 0.120 e. The molecule has 0 saturated carbocycles. The van der Waals surface area contributed by atoms with Crippen molar-refractivity contribution < 1.29 is 4.74 Å². The first-order valence-corrected chi connectivity index (χ1v) is 6.70. The van der Waals surface area contributed by atoms with Gasteiger partial charge in [0.2, 0.25) is 0 Å². The fourth-order valence-electron chi connectivity index (χ4n) is 1.63. The summed E-state index contributed by atoms with van der Waals surface area (Å²) in [4.78, 5) is 0.406. The molecule has 2 N–H and O–H groups in total. The standard InChI is InChI=1S/C13H13BrN2OS/c14-10-3-5-11(6-4-10)17-9-8-16-7-1-2-12(16)13(15)18/h1-7H,8-9H2,(H2,15,18). The highest BCUT2D eigenvalue weighted by Gasteiger charge is 2.03. The first kappa shape index (κ1) is 13.1. The quantitative estimate of drug-likeness (QED) is 0.859. The van der Waals surface area contributed by atoms with Gasteiger partial charge >= 0.3 is 0 Å². The second-order valence-electron chi connectivity index (χ2n) is 3.75.